The minimum atomic E-state index is 0.427. The Kier molecular flexibility index (Phi) is 3.23. The van der Waals surface area contributed by atoms with Crippen LogP contribution in [-0.4, -0.2) is 33.5 Å². The number of hydrogen-bond acceptors (Lipinski definition) is 2. The molecule has 1 aliphatic heterocycles. The van der Waals surface area contributed by atoms with Crippen molar-refractivity contribution in [3.63, 3.8) is 0 Å². The molecule has 0 bridgehead atoms. The molecule has 0 aliphatic carbocycles. The molecule has 3 heteroatoms. The molecule has 0 saturated carbocycles. The van der Waals surface area contributed by atoms with E-state index in [-0.39, 0.29) is 0 Å². The van der Waals surface area contributed by atoms with Gasteiger partial charge in [0.2, 0.25) is 0 Å². The molecule has 0 N–H and O–H groups in total. The van der Waals surface area contributed by atoms with E-state index in [1.165, 1.54) is 19.3 Å². The van der Waals surface area contributed by atoms with Crippen molar-refractivity contribution in [1.82, 2.24) is 0 Å². The second-order valence-corrected chi connectivity index (χ2v) is 3.23. The Morgan fingerprint density at radius 2 is 2.60 bits per heavy atom. The maximum atomic E-state index is 5.16. The Balaban J connectivity index is 2.18. The maximum absolute atomic E-state index is 5.16. The van der Waals surface area contributed by atoms with Crippen molar-refractivity contribution in [3.8, 4) is 0 Å². The summed E-state index contributed by atoms with van der Waals surface area (Å²) in [5.74, 6) is 0. The molecule has 1 aliphatic rings. The van der Waals surface area contributed by atoms with Gasteiger partial charge in [0, 0.05) is 0 Å². The van der Waals surface area contributed by atoms with Gasteiger partial charge in [0.05, 0.1) is 0 Å². The zero-order valence-corrected chi connectivity index (χ0v) is 7.88. The second-order valence-electron chi connectivity index (χ2n) is 2.50. The molecular formula is C7H12NOSe. The number of unbranched alkanes of at least 4 members (excludes halogenated alkanes) is 1. The molecule has 2 nitrogen and oxygen atoms in total. The summed E-state index contributed by atoms with van der Waals surface area (Å²) >= 11 is 2.77. The fraction of sp³-hybridized carbons (Fsp3) is 0.857. The summed E-state index contributed by atoms with van der Waals surface area (Å²) in [4.78, 5) is 5.00. The summed E-state index contributed by atoms with van der Waals surface area (Å²) in [6.07, 6.45) is 3.67. The van der Waals surface area contributed by atoms with E-state index in [4.69, 9.17) is 4.74 Å². The molecule has 0 aromatic rings. The van der Waals surface area contributed by atoms with Crippen molar-refractivity contribution < 1.29 is 4.74 Å². The van der Waals surface area contributed by atoms with E-state index in [0.717, 1.165) is 11.4 Å². The van der Waals surface area contributed by atoms with Crippen LogP contribution in [0, 0.1) is 0 Å². The first-order valence-corrected chi connectivity index (χ1v) is 4.56. The summed E-state index contributed by atoms with van der Waals surface area (Å²) < 4.78 is 5.16. The molecule has 1 heterocycles. The third kappa shape index (κ3) is 2.31. The minimum absolute atomic E-state index is 0.427. The van der Waals surface area contributed by atoms with Crippen LogP contribution >= 0.6 is 0 Å². The first-order valence-electron chi connectivity index (χ1n) is 3.70. The molecule has 0 aromatic carbocycles. The van der Waals surface area contributed by atoms with Gasteiger partial charge in [-0.25, -0.2) is 0 Å². The molecule has 0 saturated heterocycles. The summed E-state index contributed by atoms with van der Waals surface area (Å²) in [6, 6.07) is 0.427. The Morgan fingerprint density at radius 1 is 1.80 bits per heavy atom. The number of aliphatic imine (C=N–C) groups is 1. The quantitative estimate of drug-likeness (QED) is 0.632. The summed E-state index contributed by atoms with van der Waals surface area (Å²) in [5.41, 5.74) is 0. The first-order chi connectivity index (χ1) is 4.83. The van der Waals surface area contributed by atoms with Crippen LogP contribution in [0.1, 0.15) is 26.2 Å². The SMILES string of the molecule is CCCC[C@@H]1COC([Se])=N1. The monoisotopic (exact) mass is 206 g/mol. The molecule has 1 radical (unpaired) electrons. The molecular weight excluding hydrogens is 193 g/mol. The van der Waals surface area contributed by atoms with E-state index in [1.54, 1.807) is 0 Å². The molecule has 0 spiro atoms. The Labute approximate surface area is 69.9 Å². The molecule has 1 atom stereocenters. The van der Waals surface area contributed by atoms with Gasteiger partial charge in [0.1, 0.15) is 0 Å². The standard InChI is InChI=1S/C7H12NOSe/c1-2-3-4-6-5-9-7(10)8-6/h6H,2-5H2,1H3/t6-/m1/s1. The van der Waals surface area contributed by atoms with Gasteiger partial charge >= 0.3 is 69.4 Å². The number of ether oxygens (including phenoxy) is 1. The fourth-order valence-corrected chi connectivity index (χ4v) is 1.43. The Bertz CT molecular complexity index is 136. The average Bonchev–Trinajstić information content (AvgIpc) is 2.31. The van der Waals surface area contributed by atoms with E-state index in [0.29, 0.717) is 6.04 Å². The third-order valence-electron chi connectivity index (χ3n) is 1.58. The zero-order valence-electron chi connectivity index (χ0n) is 6.17. The van der Waals surface area contributed by atoms with Crippen LogP contribution in [0.5, 0.6) is 0 Å². The second kappa shape index (κ2) is 3.99. The average molecular weight is 205 g/mol. The van der Waals surface area contributed by atoms with Crippen LogP contribution in [-0.2, 0) is 4.74 Å². The van der Waals surface area contributed by atoms with Crippen LogP contribution in [0.4, 0.5) is 0 Å². The topological polar surface area (TPSA) is 21.6 Å². The van der Waals surface area contributed by atoms with E-state index in [2.05, 4.69) is 27.9 Å². The summed E-state index contributed by atoms with van der Waals surface area (Å²) in [6.45, 7) is 2.97. The first kappa shape index (κ1) is 8.09. The van der Waals surface area contributed by atoms with Crippen molar-refractivity contribution in [1.29, 1.82) is 0 Å². The van der Waals surface area contributed by atoms with Crippen molar-refractivity contribution in [2.45, 2.75) is 32.2 Å². The van der Waals surface area contributed by atoms with Gasteiger partial charge in [-0.15, -0.1) is 0 Å². The van der Waals surface area contributed by atoms with Crippen molar-refractivity contribution >= 4 is 20.8 Å². The molecule has 1 rings (SSSR count). The van der Waals surface area contributed by atoms with Gasteiger partial charge in [-0.1, -0.05) is 0 Å². The van der Waals surface area contributed by atoms with Gasteiger partial charge in [-0.05, 0) is 0 Å². The Morgan fingerprint density at radius 3 is 3.10 bits per heavy atom. The van der Waals surface area contributed by atoms with E-state index in [1.807, 2.05) is 0 Å². The van der Waals surface area contributed by atoms with Gasteiger partial charge in [-0.3, -0.25) is 0 Å². The van der Waals surface area contributed by atoms with E-state index >= 15 is 0 Å². The molecule has 0 amide bonds. The zero-order chi connectivity index (χ0) is 7.40. The number of nitrogens with zero attached hydrogens (tertiary/aromatic N) is 1. The fourth-order valence-electron chi connectivity index (χ4n) is 0.979. The van der Waals surface area contributed by atoms with Gasteiger partial charge in [0.15, 0.2) is 0 Å². The van der Waals surface area contributed by atoms with Gasteiger partial charge < -0.3 is 0 Å². The van der Waals surface area contributed by atoms with E-state index in [9.17, 15) is 0 Å². The summed E-state index contributed by atoms with van der Waals surface area (Å²) in [5, 5.41) is 0. The van der Waals surface area contributed by atoms with E-state index < -0.39 is 0 Å². The molecule has 0 unspecified atom stereocenters. The van der Waals surface area contributed by atoms with Crippen molar-refractivity contribution in [3.05, 3.63) is 0 Å². The number of hydrogen-bond donors (Lipinski definition) is 0. The predicted molar refractivity (Wildman–Crippen MR) is 42.5 cm³/mol. The molecule has 0 aromatic heterocycles. The van der Waals surface area contributed by atoms with Crippen LogP contribution in [0.25, 0.3) is 0 Å². The van der Waals surface area contributed by atoms with Crippen LogP contribution in [0.3, 0.4) is 0 Å². The Hall–Kier alpha value is -0.0105. The molecule has 10 heavy (non-hydrogen) atoms. The summed E-state index contributed by atoms with van der Waals surface area (Å²) in [7, 11) is 0. The van der Waals surface area contributed by atoms with Crippen LogP contribution in [0.2, 0.25) is 0 Å². The number of rotatable bonds is 3. The van der Waals surface area contributed by atoms with Crippen molar-refractivity contribution in [2.75, 3.05) is 6.61 Å². The normalized spacial score (nSPS) is 24.1. The van der Waals surface area contributed by atoms with Gasteiger partial charge in [-0.2, -0.15) is 0 Å². The molecule has 57 valence electrons. The van der Waals surface area contributed by atoms with Crippen molar-refractivity contribution in [2.24, 2.45) is 4.99 Å². The third-order valence-corrected chi connectivity index (χ3v) is 2.05. The van der Waals surface area contributed by atoms with Crippen LogP contribution < -0.4 is 0 Å². The predicted octanol–water partition coefficient (Wildman–Crippen LogP) is 1.10. The molecule has 0 fully saturated rings. The van der Waals surface area contributed by atoms with Crippen LogP contribution in [0.15, 0.2) is 4.99 Å². The van der Waals surface area contributed by atoms with Gasteiger partial charge in [0.25, 0.3) is 0 Å².